The predicted molar refractivity (Wildman–Crippen MR) is 173 cm³/mol. The molecule has 0 unspecified atom stereocenters. The molecule has 12 heteroatoms. The summed E-state index contributed by atoms with van der Waals surface area (Å²) in [5.41, 5.74) is 3.91. The molecule has 0 spiro atoms. The lowest BCUT2D eigenvalue weighted by Crippen LogP contribution is -2.21. The summed E-state index contributed by atoms with van der Waals surface area (Å²) in [6, 6.07) is 11.4. The molecule has 2 aromatic rings. The number of hydrogen-bond donors (Lipinski definition) is 4. The van der Waals surface area contributed by atoms with Crippen LogP contribution in [-0.4, -0.2) is 76.4 Å². The summed E-state index contributed by atoms with van der Waals surface area (Å²) in [5.74, 6) is 0.526. The maximum atomic E-state index is 11.8. The number of carbonyl (C=O) groups excluding carboxylic acids is 4. The van der Waals surface area contributed by atoms with Crippen LogP contribution in [-0.2, 0) is 41.5 Å². The van der Waals surface area contributed by atoms with Gasteiger partial charge in [0, 0.05) is 36.4 Å². The second kappa shape index (κ2) is 19.2. The van der Waals surface area contributed by atoms with E-state index in [1.807, 2.05) is 36.4 Å². The quantitative estimate of drug-likeness (QED) is 0.0968. The Labute approximate surface area is 269 Å². The van der Waals surface area contributed by atoms with Crippen LogP contribution in [0.1, 0.15) is 49.7 Å². The van der Waals surface area contributed by atoms with E-state index in [0.717, 1.165) is 84.9 Å². The van der Waals surface area contributed by atoms with Crippen molar-refractivity contribution in [1.29, 1.82) is 0 Å². The van der Waals surface area contributed by atoms with Gasteiger partial charge in [-0.05, 0) is 112 Å². The van der Waals surface area contributed by atoms with Gasteiger partial charge in [0.1, 0.15) is 11.5 Å². The summed E-state index contributed by atoms with van der Waals surface area (Å²) < 4.78 is 21.8. The molecular formula is C34H44N4O8. The summed E-state index contributed by atoms with van der Waals surface area (Å²) in [5, 5.41) is 12.3. The van der Waals surface area contributed by atoms with Crippen molar-refractivity contribution in [3.05, 3.63) is 59.7 Å². The molecule has 0 saturated heterocycles. The average Bonchev–Trinajstić information content (AvgIpc) is 3.05. The van der Waals surface area contributed by atoms with E-state index >= 15 is 0 Å². The van der Waals surface area contributed by atoms with Crippen molar-refractivity contribution in [3.63, 3.8) is 0 Å². The topological polar surface area (TPSA) is 153 Å². The number of esters is 2. The summed E-state index contributed by atoms with van der Waals surface area (Å²) in [4.78, 5) is 46.6. The van der Waals surface area contributed by atoms with Crippen LogP contribution in [0, 0.1) is 0 Å². The molecule has 0 aromatic heterocycles. The predicted octanol–water partition coefficient (Wildman–Crippen LogP) is 3.30. The highest BCUT2D eigenvalue weighted by Crippen LogP contribution is 2.27. The van der Waals surface area contributed by atoms with Crippen LogP contribution in [0.3, 0.4) is 0 Å². The first-order chi connectivity index (χ1) is 22.5. The number of aryl methyl sites for hydroxylation is 2. The number of amides is 2. The van der Waals surface area contributed by atoms with Gasteiger partial charge in [-0.25, -0.2) is 9.59 Å². The molecule has 0 aliphatic carbocycles. The first-order valence-corrected chi connectivity index (χ1v) is 16.0. The number of ether oxygens (including phenoxy) is 4. The maximum Gasteiger partial charge on any atom is 0.331 e. The van der Waals surface area contributed by atoms with Gasteiger partial charge in [-0.2, -0.15) is 0 Å². The number of carbonyl (C=O) groups is 4. The third kappa shape index (κ3) is 12.5. The van der Waals surface area contributed by atoms with E-state index in [0.29, 0.717) is 52.0 Å². The molecule has 0 fully saturated rings. The summed E-state index contributed by atoms with van der Waals surface area (Å²) >= 11 is 0. The third-order valence-electron chi connectivity index (χ3n) is 7.32. The maximum absolute atomic E-state index is 11.8. The van der Waals surface area contributed by atoms with Crippen molar-refractivity contribution in [2.45, 2.75) is 51.4 Å². The lowest BCUT2D eigenvalue weighted by molar-refractivity contribution is -0.140. The Hall–Kier alpha value is -4.42. The molecule has 248 valence electrons. The Morgan fingerprint density at radius 1 is 0.609 bits per heavy atom. The van der Waals surface area contributed by atoms with Crippen LogP contribution in [0.25, 0.3) is 0 Å². The van der Waals surface area contributed by atoms with E-state index < -0.39 is 11.9 Å². The monoisotopic (exact) mass is 636 g/mol. The van der Waals surface area contributed by atoms with E-state index in [-0.39, 0.29) is 25.0 Å². The molecule has 0 radical (unpaired) electrons. The molecule has 46 heavy (non-hydrogen) atoms. The fraction of sp³-hybridized carbons (Fsp3) is 0.471. The average molecular weight is 637 g/mol. The van der Waals surface area contributed by atoms with Crippen molar-refractivity contribution in [2.24, 2.45) is 0 Å². The molecular weight excluding hydrogens is 592 g/mol. The van der Waals surface area contributed by atoms with E-state index in [1.165, 1.54) is 0 Å². The Balaban J connectivity index is 0.908. The van der Waals surface area contributed by atoms with Crippen LogP contribution >= 0.6 is 0 Å². The van der Waals surface area contributed by atoms with Crippen LogP contribution < -0.4 is 30.7 Å². The van der Waals surface area contributed by atoms with E-state index in [1.54, 1.807) is 0 Å². The second-order valence-electron chi connectivity index (χ2n) is 11.0. The number of anilines is 2. The van der Waals surface area contributed by atoms with E-state index in [9.17, 15) is 19.2 Å². The zero-order chi connectivity index (χ0) is 32.4. The van der Waals surface area contributed by atoms with Crippen LogP contribution in [0.5, 0.6) is 11.5 Å². The smallest absolute Gasteiger partial charge is 0.331 e. The Morgan fingerprint density at radius 3 is 1.46 bits per heavy atom. The Bertz CT molecular complexity index is 1260. The lowest BCUT2D eigenvalue weighted by atomic mass is 10.0. The minimum atomic E-state index is -0.582. The van der Waals surface area contributed by atoms with E-state index in [2.05, 4.69) is 21.3 Å². The number of nitrogens with one attached hydrogen (secondary N) is 4. The highest BCUT2D eigenvalue weighted by atomic mass is 16.5. The van der Waals surface area contributed by atoms with Crippen molar-refractivity contribution in [1.82, 2.24) is 10.6 Å². The molecule has 2 aliphatic heterocycles. The van der Waals surface area contributed by atoms with Gasteiger partial charge < -0.3 is 40.2 Å². The second-order valence-corrected chi connectivity index (χ2v) is 11.0. The number of fused-ring (bicyclic) bond motifs is 2. The molecule has 4 rings (SSSR count). The molecule has 0 atom stereocenters. The SMILES string of the molecule is O=C1CCc2cc(OCCCNCCCOC(=O)/C=C/C(=O)OCCCNCCCOc3ccc4c(c3)CCC(=O)N4)ccc2N1. The molecule has 2 amide bonds. The van der Waals surface area contributed by atoms with Gasteiger partial charge >= 0.3 is 11.9 Å². The minimum absolute atomic E-state index is 0.0481. The zero-order valence-corrected chi connectivity index (χ0v) is 26.2. The highest BCUT2D eigenvalue weighted by Gasteiger charge is 2.16. The van der Waals surface area contributed by atoms with Gasteiger partial charge in [0.25, 0.3) is 0 Å². The van der Waals surface area contributed by atoms with Crippen LogP contribution in [0.15, 0.2) is 48.6 Å². The molecule has 0 bridgehead atoms. The third-order valence-corrected chi connectivity index (χ3v) is 7.32. The Kier molecular flexibility index (Phi) is 14.4. The summed E-state index contributed by atoms with van der Waals surface area (Å²) in [6.07, 6.45) is 7.56. The standard InChI is InChI=1S/C34H44N4O8/c39-31-11-5-25-23-27(7-9-29(25)37-31)43-19-1-15-35-17-3-21-45-33(41)13-14-34(42)46-22-4-18-36-16-2-20-44-28-8-10-30-26(24-28)6-12-32(40)38-30/h7-10,13-14,23-24,35-36H,1-6,11-12,15-22H2,(H,37,39)(H,38,40)/b14-13+. The van der Waals surface area contributed by atoms with Crippen molar-refractivity contribution in [2.75, 3.05) is 63.2 Å². The molecule has 2 aromatic carbocycles. The first kappa shape index (κ1) is 34.5. The largest absolute Gasteiger partial charge is 0.494 e. The summed E-state index contributed by atoms with van der Waals surface area (Å²) in [6.45, 7) is 4.55. The minimum Gasteiger partial charge on any atom is -0.494 e. The van der Waals surface area contributed by atoms with Gasteiger partial charge in [-0.1, -0.05) is 0 Å². The fourth-order valence-electron chi connectivity index (χ4n) is 4.90. The lowest BCUT2D eigenvalue weighted by Gasteiger charge is -2.17. The molecule has 12 nitrogen and oxygen atoms in total. The molecule has 4 N–H and O–H groups in total. The fourth-order valence-corrected chi connectivity index (χ4v) is 4.90. The van der Waals surface area contributed by atoms with Crippen LogP contribution in [0.4, 0.5) is 11.4 Å². The zero-order valence-electron chi connectivity index (χ0n) is 26.2. The van der Waals surface area contributed by atoms with Crippen molar-refractivity contribution < 1.29 is 38.1 Å². The summed E-state index contributed by atoms with van der Waals surface area (Å²) in [7, 11) is 0. The van der Waals surface area contributed by atoms with Gasteiger partial charge in [-0.3, -0.25) is 9.59 Å². The highest BCUT2D eigenvalue weighted by molar-refractivity contribution is 5.94. The van der Waals surface area contributed by atoms with Gasteiger partial charge in [0.15, 0.2) is 0 Å². The normalized spacial score (nSPS) is 13.7. The van der Waals surface area contributed by atoms with Gasteiger partial charge in [0.2, 0.25) is 11.8 Å². The van der Waals surface area contributed by atoms with Crippen LogP contribution in [0.2, 0.25) is 0 Å². The molecule has 2 heterocycles. The number of hydrogen-bond acceptors (Lipinski definition) is 10. The Morgan fingerprint density at radius 2 is 1.02 bits per heavy atom. The van der Waals surface area contributed by atoms with Crippen molar-refractivity contribution in [3.8, 4) is 11.5 Å². The number of rotatable bonds is 20. The van der Waals surface area contributed by atoms with Crippen molar-refractivity contribution >= 4 is 35.1 Å². The van der Waals surface area contributed by atoms with E-state index in [4.69, 9.17) is 18.9 Å². The van der Waals surface area contributed by atoms with Gasteiger partial charge in [-0.15, -0.1) is 0 Å². The number of benzene rings is 2. The van der Waals surface area contributed by atoms with Gasteiger partial charge in [0.05, 0.1) is 26.4 Å². The molecule has 0 saturated carbocycles. The molecule has 2 aliphatic rings. The first-order valence-electron chi connectivity index (χ1n) is 16.0.